The standard InChI is InChI=1S/C9H14N2O12P2.C6H12O6.H4O7P2/c12-5-1-2-11(9(15)10-5)8-7(14)6(13)4(22-8)3-21-25(19,20)23-24(16,17)18;7-1-3(9)5(11)6(12)4(10)2-8;1-8(2,3)7-9(4,5)6/h1-2,4,6-8,13-14H,3H2,(H,19,20)(H,10,12,15)(H2,16,17,18);1,3-6,8-12H,2H2;(H2,1,2,3)(H2,4,5,6)/t4-,6-,7-,8-;;/m1../s1. The van der Waals surface area contributed by atoms with Crippen molar-refractivity contribution in [1.29, 1.82) is 0 Å². The molecular weight excluding hydrogens is 732 g/mol. The molecule has 0 amide bonds. The Morgan fingerprint density at radius 2 is 1.37 bits per heavy atom. The van der Waals surface area contributed by atoms with Crippen molar-refractivity contribution in [2.75, 3.05) is 13.2 Å². The van der Waals surface area contributed by atoms with Gasteiger partial charge >= 0.3 is 37.0 Å². The van der Waals surface area contributed by atoms with E-state index < -0.39 is 105 Å². The predicted octanol–water partition coefficient (Wildman–Crippen LogP) is -6.81. The summed E-state index contributed by atoms with van der Waals surface area (Å²) in [5.74, 6) is 0. The second kappa shape index (κ2) is 18.4. The van der Waals surface area contributed by atoms with Crippen LogP contribution in [-0.2, 0) is 40.9 Å². The molecule has 1 aromatic heterocycles. The van der Waals surface area contributed by atoms with Crippen molar-refractivity contribution in [3.8, 4) is 0 Å². The minimum Gasteiger partial charge on any atom is -0.394 e. The normalized spacial score (nSPS) is 24.2. The van der Waals surface area contributed by atoms with Crippen LogP contribution in [0.25, 0.3) is 0 Å². The number of phosphoric acid groups is 4. The van der Waals surface area contributed by atoms with Crippen LogP contribution in [0.3, 0.4) is 0 Å². The van der Waals surface area contributed by atoms with Gasteiger partial charge < -0.3 is 79.5 Å². The molecule has 1 aliphatic heterocycles. The number of carbonyl (C=O) groups is 1. The first-order valence-corrected chi connectivity index (χ1v) is 17.4. The molecule has 2 rings (SSSR count). The molecule has 2 heterocycles. The fourth-order valence-corrected chi connectivity index (χ4v) is 5.51. The monoisotopic (exact) mass is 762 g/mol. The molecule has 0 radical (unpaired) electrons. The predicted molar refractivity (Wildman–Crippen MR) is 139 cm³/mol. The quantitative estimate of drug-likeness (QED) is 0.0656. The number of ether oxygens (including phenoxy) is 1. The number of aldehydes is 1. The number of aromatic amines is 1. The molecule has 1 aliphatic rings. The van der Waals surface area contributed by atoms with Crippen molar-refractivity contribution in [1.82, 2.24) is 9.55 Å². The van der Waals surface area contributed by atoms with E-state index in [9.17, 15) is 42.9 Å². The van der Waals surface area contributed by atoms with E-state index in [1.807, 2.05) is 4.98 Å². The Morgan fingerprint density at radius 3 is 1.76 bits per heavy atom. The maximum Gasteiger partial charge on any atom is 0.481 e. The summed E-state index contributed by atoms with van der Waals surface area (Å²) in [5.41, 5.74) is -1.65. The van der Waals surface area contributed by atoms with Crippen LogP contribution in [0.4, 0.5) is 0 Å². The first-order chi connectivity index (χ1) is 20.6. The SMILES string of the molecule is O=CC(O)C(O)C(O)C(O)CO.O=P(O)(O)OP(=O)(O)O.O=c1ccn([C@@H]2O[C@H](COP(=O)(O)OP(=O)(O)O)[C@@H](O)[C@H]2O)c(=O)[nH]1. The summed E-state index contributed by atoms with van der Waals surface area (Å²) in [7, 11) is -20.6. The highest BCUT2D eigenvalue weighted by molar-refractivity contribution is 7.60. The number of hydrogen-bond donors (Lipinski definition) is 15. The van der Waals surface area contributed by atoms with Crippen molar-refractivity contribution in [3.63, 3.8) is 0 Å². The Kier molecular flexibility index (Phi) is 17.8. The van der Waals surface area contributed by atoms with Crippen molar-refractivity contribution in [3.05, 3.63) is 33.1 Å². The minimum atomic E-state index is -5.32. The molecule has 1 fully saturated rings. The van der Waals surface area contributed by atoms with E-state index in [4.69, 9.17) is 64.5 Å². The maximum atomic E-state index is 11.7. The Balaban J connectivity index is 0.000000800. The van der Waals surface area contributed by atoms with Crippen molar-refractivity contribution < 1.29 is 111 Å². The summed E-state index contributed by atoms with van der Waals surface area (Å²) in [5, 5.41) is 63.3. The van der Waals surface area contributed by atoms with Crippen LogP contribution in [0, 0.1) is 0 Å². The molecule has 46 heavy (non-hydrogen) atoms. The van der Waals surface area contributed by atoms with Gasteiger partial charge in [0.15, 0.2) is 12.5 Å². The molecule has 5 unspecified atom stereocenters. The van der Waals surface area contributed by atoms with Crippen LogP contribution in [0.2, 0.25) is 0 Å². The smallest absolute Gasteiger partial charge is 0.394 e. The number of aliphatic hydroxyl groups is 7. The number of nitrogens with one attached hydrogen (secondary N) is 1. The van der Waals surface area contributed by atoms with Crippen molar-refractivity contribution in [2.24, 2.45) is 0 Å². The Bertz CT molecular complexity index is 1390. The zero-order valence-electron chi connectivity index (χ0n) is 22.3. The van der Waals surface area contributed by atoms with Gasteiger partial charge in [0.2, 0.25) is 0 Å². The van der Waals surface area contributed by atoms with Crippen LogP contribution in [0.1, 0.15) is 6.23 Å². The number of carbonyl (C=O) groups excluding carboxylic acids is 1. The van der Waals surface area contributed by atoms with Crippen LogP contribution in [-0.4, -0.2) is 142 Å². The summed E-state index contributed by atoms with van der Waals surface area (Å²) < 4.78 is 57.9. The van der Waals surface area contributed by atoms with E-state index in [0.717, 1.165) is 16.8 Å². The van der Waals surface area contributed by atoms with Gasteiger partial charge in [0.25, 0.3) is 5.56 Å². The van der Waals surface area contributed by atoms with E-state index >= 15 is 0 Å². The lowest BCUT2D eigenvalue weighted by molar-refractivity contribution is -0.136. The summed E-state index contributed by atoms with van der Waals surface area (Å²) in [6.45, 7) is -1.66. The molecule has 0 spiro atoms. The summed E-state index contributed by atoms with van der Waals surface area (Å²) in [6, 6.07) is 0.962. The van der Waals surface area contributed by atoms with E-state index in [1.54, 1.807) is 0 Å². The zero-order chi connectivity index (χ0) is 36.4. The highest BCUT2D eigenvalue weighted by Gasteiger charge is 2.45. The minimum absolute atomic E-state index is 0.0258. The number of aliphatic hydroxyl groups excluding tert-OH is 7. The third-order valence-electron chi connectivity index (χ3n) is 4.71. The molecule has 15 N–H and O–H groups in total. The highest BCUT2D eigenvalue weighted by Crippen LogP contribution is 2.57. The molecule has 0 aliphatic carbocycles. The number of rotatable bonds is 13. The highest BCUT2D eigenvalue weighted by atomic mass is 31.3. The lowest BCUT2D eigenvalue weighted by Gasteiger charge is -2.22. The molecule has 1 aromatic rings. The average Bonchev–Trinajstić information content (AvgIpc) is 3.16. The van der Waals surface area contributed by atoms with Gasteiger partial charge in [-0.25, -0.2) is 23.1 Å². The molecule has 0 aromatic carbocycles. The van der Waals surface area contributed by atoms with Crippen molar-refractivity contribution >= 4 is 37.6 Å². The van der Waals surface area contributed by atoms with Crippen LogP contribution >= 0.6 is 31.3 Å². The summed E-state index contributed by atoms with van der Waals surface area (Å²) in [4.78, 5) is 91.6. The van der Waals surface area contributed by atoms with E-state index in [2.05, 4.69) is 13.1 Å². The van der Waals surface area contributed by atoms with Gasteiger partial charge in [0, 0.05) is 12.3 Å². The van der Waals surface area contributed by atoms with Gasteiger partial charge in [-0.05, 0) is 0 Å². The fourth-order valence-electron chi connectivity index (χ4n) is 2.81. The molecule has 27 nitrogen and oxygen atoms in total. The topological polar surface area (TPSA) is 460 Å². The Labute approximate surface area is 253 Å². The molecule has 1 saturated heterocycles. The van der Waals surface area contributed by atoms with Gasteiger partial charge in [-0.2, -0.15) is 8.62 Å². The lowest BCUT2D eigenvalue weighted by atomic mass is 10.0. The van der Waals surface area contributed by atoms with Crippen molar-refractivity contribution in [2.45, 2.75) is 49.0 Å². The second-order valence-corrected chi connectivity index (χ2v) is 13.8. The number of H-pyrrole nitrogens is 1. The van der Waals surface area contributed by atoms with E-state index in [1.165, 1.54) is 0 Å². The fraction of sp³-hybridized carbons (Fsp3) is 0.667. The van der Waals surface area contributed by atoms with Crippen LogP contribution in [0.15, 0.2) is 21.9 Å². The second-order valence-electron chi connectivity index (χ2n) is 8.32. The average molecular weight is 762 g/mol. The third-order valence-corrected chi connectivity index (χ3v) is 8.56. The first-order valence-electron chi connectivity index (χ1n) is 11.3. The van der Waals surface area contributed by atoms with Gasteiger partial charge in [-0.3, -0.25) is 18.9 Å². The molecule has 0 saturated carbocycles. The maximum absolute atomic E-state index is 11.7. The zero-order valence-corrected chi connectivity index (χ0v) is 25.8. The van der Waals surface area contributed by atoms with Crippen LogP contribution in [0.5, 0.6) is 0 Å². The summed E-state index contributed by atoms with van der Waals surface area (Å²) >= 11 is 0. The molecule has 9 atom stereocenters. The summed E-state index contributed by atoms with van der Waals surface area (Å²) in [6.07, 6.45) is -12.1. The molecule has 31 heteroatoms. The van der Waals surface area contributed by atoms with E-state index in [-0.39, 0.29) is 6.29 Å². The lowest BCUT2D eigenvalue weighted by Crippen LogP contribution is -2.46. The number of hydrogen-bond acceptors (Lipinski definition) is 18. The Hall–Kier alpha value is -1.45. The van der Waals surface area contributed by atoms with Gasteiger partial charge in [-0.15, -0.1) is 0 Å². The third kappa shape index (κ3) is 17.1. The van der Waals surface area contributed by atoms with Gasteiger partial charge in [-0.1, -0.05) is 0 Å². The molecule has 0 bridgehead atoms. The molecular formula is C15H30N2O25P4. The van der Waals surface area contributed by atoms with E-state index in [0.29, 0.717) is 0 Å². The Morgan fingerprint density at radius 1 is 0.870 bits per heavy atom. The van der Waals surface area contributed by atoms with Crippen LogP contribution < -0.4 is 11.2 Å². The largest absolute Gasteiger partial charge is 0.481 e. The number of nitrogens with zero attached hydrogens (tertiary/aromatic N) is 1. The first kappa shape index (κ1) is 44.5. The molecule has 270 valence electrons. The van der Waals surface area contributed by atoms with Gasteiger partial charge in [0.1, 0.15) is 42.7 Å². The number of phosphoric ester groups is 1. The number of aromatic nitrogens is 2. The van der Waals surface area contributed by atoms with Gasteiger partial charge in [0.05, 0.1) is 13.2 Å².